The molecule has 0 fully saturated rings. The summed E-state index contributed by atoms with van der Waals surface area (Å²) < 4.78 is 0. The van der Waals surface area contributed by atoms with Crippen LogP contribution in [0.5, 0.6) is 0 Å². The van der Waals surface area contributed by atoms with Gasteiger partial charge in [-0.25, -0.2) is 4.98 Å². The topological polar surface area (TPSA) is 54.7 Å². The van der Waals surface area contributed by atoms with Gasteiger partial charge in [0.2, 0.25) is 0 Å². The molecule has 3 nitrogen and oxygen atoms in total. The van der Waals surface area contributed by atoms with Crippen LogP contribution in [0, 0.1) is 0 Å². The average Bonchev–Trinajstić information content (AvgIpc) is 2.89. The second-order valence-corrected chi connectivity index (χ2v) is 4.13. The zero-order chi connectivity index (χ0) is 12.4. The van der Waals surface area contributed by atoms with Crippen molar-refractivity contribution in [2.75, 3.05) is 5.73 Å². The quantitative estimate of drug-likeness (QED) is 0.669. The highest BCUT2D eigenvalue weighted by atomic mass is 14.9. The van der Waals surface area contributed by atoms with Crippen LogP contribution in [-0.2, 0) is 0 Å². The number of nitrogen functional groups attached to an aromatic ring is 1. The third kappa shape index (κ3) is 1.98. The Kier molecular flexibility index (Phi) is 2.57. The zero-order valence-electron chi connectivity index (χ0n) is 9.80. The summed E-state index contributed by atoms with van der Waals surface area (Å²) in [5, 5.41) is 0. The Labute approximate surface area is 105 Å². The van der Waals surface area contributed by atoms with Crippen LogP contribution < -0.4 is 5.73 Å². The zero-order valence-corrected chi connectivity index (χ0v) is 9.80. The van der Waals surface area contributed by atoms with E-state index in [2.05, 4.69) is 9.97 Å². The van der Waals surface area contributed by atoms with Crippen molar-refractivity contribution in [1.82, 2.24) is 9.97 Å². The van der Waals surface area contributed by atoms with Gasteiger partial charge in [-0.05, 0) is 12.1 Å². The number of hydrogen-bond donors (Lipinski definition) is 2. The van der Waals surface area contributed by atoms with E-state index in [0.29, 0.717) is 0 Å². The van der Waals surface area contributed by atoms with E-state index in [0.717, 1.165) is 28.3 Å². The van der Waals surface area contributed by atoms with Gasteiger partial charge in [0.15, 0.2) is 0 Å². The van der Waals surface area contributed by atoms with E-state index in [9.17, 15) is 0 Å². The van der Waals surface area contributed by atoms with E-state index in [1.54, 1.807) is 0 Å². The normalized spacial score (nSPS) is 10.4. The number of hydrogen-bond acceptors (Lipinski definition) is 2. The van der Waals surface area contributed by atoms with Crippen LogP contribution in [0.15, 0.2) is 60.8 Å². The molecule has 0 unspecified atom stereocenters. The number of aromatic amines is 1. The van der Waals surface area contributed by atoms with Gasteiger partial charge in [-0.1, -0.05) is 42.5 Å². The number of anilines is 1. The van der Waals surface area contributed by atoms with Gasteiger partial charge in [0, 0.05) is 23.0 Å². The summed E-state index contributed by atoms with van der Waals surface area (Å²) in [6.45, 7) is 0. The number of nitrogens with one attached hydrogen (secondary N) is 1. The fraction of sp³-hybridized carbons (Fsp3) is 0. The maximum atomic E-state index is 5.78. The van der Waals surface area contributed by atoms with Gasteiger partial charge in [0.05, 0.1) is 5.69 Å². The molecule has 18 heavy (non-hydrogen) atoms. The molecule has 0 saturated heterocycles. The molecule has 0 bridgehead atoms. The number of benzene rings is 2. The first-order chi connectivity index (χ1) is 8.83. The van der Waals surface area contributed by atoms with Crippen LogP contribution in [0.3, 0.4) is 0 Å². The van der Waals surface area contributed by atoms with E-state index >= 15 is 0 Å². The van der Waals surface area contributed by atoms with Crippen molar-refractivity contribution >= 4 is 5.69 Å². The molecule has 3 heteroatoms. The maximum absolute atomic E-state index is 5.78. The van der Waals surface area contributed by atoms with Crippen LogP contribution in [0.2, 0.25) is 0 Å². The van der Waals surface area contributed by atoms with Crippen LogP contribution in [0.25, 0.3) is 22.6 Å². The molecule has 1 heterocycles. The van der Waals surface area contributed by atoms with Crippen LogP contribution in [0.1, 0.15) is 0 Å². The van der Waals surface area contributed by atoms with Crippen molar-refractivity contribution in [3.63, 3.8) is 0 Å². The third-order valence-corrected chi connectivity index (χ3v) is 2.81. The first kappa shape index (κ1) is 10.6. The monoisotopic (exact) mass is 235 g/mol. The molecule has 0 aliphatic rings. The Balaban J connectivity index is 2.00. The molecule has 3 aromatic rings. The minimum absolute atomic E-state index is 0.747. The van der Waals surface area contributed by atoms with Gasteiger partial charge in [-0.3, -0.25) is 0 Å². The number of aromatic nitrogens is 2. The second-order valence-electron chi connectivity index (χ2n) is 4.13. The molecule has 3 N–H and O–H groups in total. The molecule has 0 spiro atoms. The molecule has 0 amide bonds. The summed E-state index contributed by atoms with van der Waals surface area (Å²) in [4.78, 5) is 7.77. The molecule has 0 radical (unpaired) electrons. The van der Waals surface area contributed by atoms with E-state index in [-0.39, 0.29) is 0 Å². The van der Waals surface area contributed by atoms with Gasteiger partial charge < -0.3 is 10.7 Å². The smallest absolute Gasteiger partial charge is 0.138 e. The van der Waals surface area contributed by atoms with Gasteiger partial charge in [-0.2, -0.15) is 0 Å². The van der Waals surface area contributed by atoms with Crippen molar-refractivity contribution < 1.29 is 0 Å². The molecular weight excluding hydrogens is 222 g/mol. The molecule has 0 aliphatic carbocycles. The SMILES string of the molecule is Nc1cccc(-c2c[nH]c(-c3ccccc3)n2)c1. The van der Waals surface area contributed by atoms with E-state index in [4.69, 9.17) is 5.73 Å². The Hall–Kier alpha value is -2.55. The Morgan fingerprint density at radius 2 is 1.67 bits per heavy atom. The number of H-pyrrole nitrogens is 1. The minimum atomic E-state index is 0.747. The highest BCUT2D eigenvalue weighted by Gasteiger charge is 2.05. The van der Waals surface area contributed by atoms with Crippen molar-refractivity contribution in [2.45, 2.75) is 0 Å². The standard InChI is InChI=1S/C15H13N3/c16-13-8-4-7-12(9-13)14-10-17-15(18-14)11-5-2-1-3-6-11/h1-10H,16H2,(H,17,18). The molecule has 3 rings (SSSR count). The Morgan fingerprint density at radius 1 is 0.889 bits per heavy atom. The fourth-order valence-corrected chi connectivity index (χ4v) is 1.91. The third-order valence-electron chi connectivity index (χ3n) is 2.81. The molecule has 0 aliphatic heterocycles. The second kappa shape index (κ2) is 4.37. The highest BCUT2D eigenvalue weighted by Crippen LogP contribution is 2.23. The minimum Gasteiger partial charge on any atom is -0.399 e. The van der Waals surface area contributed by atoms with E-state index < -0.39 is 0 Å². The van der Waals surface area contributed by atoms with Crippen LogP contribution >= 0.6 is 0 Å². The number of rotatable bonds is 2. The summed E-state index contributed by atoms with van der Waals surface area (Å²) in [6.07, 6.45) is 1.90. The number of nitrogens with zero attached hydrogens (tertiary/aromatic N) is 1. The molecule has 0 saturated carbocycles. The number of nitrogens with two attached hydrogens (primary N) is 1. The fourth-order valence-electron chi connectivity index (χ4n) is 1.91. The molecule has 2 aromatic carbocycles. The summed E-state index contributed by atoms with van der Waals surface area (Å²) in [5.41, 5.74) is 9.52. The maximum Gasteiger partial charge on any atom is 0.138 e. The summed E-state index contributed by atoms with van der Waals surface area (Å²) in [5.74, 6) is 0.869. The first-order valence-corrected chi connectivity index (χ1v) is 5.80. The van der Waals surface area contributed by atoms with Gasteiger partial charge in [0.1, 0.15) is 5.82 Å². The summed E-state index contributed by atoms with van der Waals surface area (Å²) in [7, 11) is 0. The molecule has 0 atom stereocenters. The Bertz CT molecular complexity index is 656. The van der Waals surface area contributed by atoms with Crippen molar-refractivity contribution in [3.05, 3.63) is 60.8 Å². The average molecular weight is 235 g/mol. The predicted molar refractivity (Wildman–Crippen MR) is 73.9 cm³/mol. The summed E-state index contributed by atoms with van der Waals surface area (Å²) >= 11 is 0. The van der Waals surface area contributed by atoms with Gasteiger partial charge >= 0.3 is 0 Å². The number of imidazole rings is 1. The lowest BCUT2D eigenvalue weighted by molar-refractivity contribution is 1.31. The molecular formula is C15H13N3. The van der Waals surface area contributed by atoms with E-state index in [1.165, 1.54) is 0 Å². The molecule has 88 valence electrons. The molecule has 1 aromatic heterocycles. The lowest BCUT2D eigenvalue weighted by Crippen LogP contribution is -1.85. The van der Waals surface area contributed by atoms with Crippen molar-refractivity contribution in [1.29, 1.82) is 0 Å². The van der Waals surface area contributed by atoms with Crippen molar-refractivity contribution in [2.24, 2.45) is 0 Å². The lowest BCUT2D eigenvalue weighted by atomic mass is 10.1. The van der Waals surface area contributed by atoms with Gasteiger partial charge in [0.25, 0.3) is 0 Å². The summed E-state index contributed by atoms with van der Waals surface area (Å²) in [6, 6.07) is 17.8. The van der Waals surface area contributed by atoms with Crippen LogP contribution in [-0.4, -0.2) is 9.97 Å². The van der Waals surface area contributed by atoms with Gasteiger partial charge in [-0.15, -0.1) is 0 Å². The van der Waals surface area contributed by atoms with E-state index in [1.807, 2.05) is 60.8 Å². The largest absolute Gasteiger partial charge is 0.399 e. The lowest BCUT2D eigenvalue weighted by Gasteiger charge is -1.98. The Morgan fingerprint density at radius 3 is 2.44 bits per heavy atom. The highest BCUT2D eigenvalue weighted by molar-refractivity contribution is 5.67. The van der Waals surface area contributed by atoms with Crippen LogP contribution in [0.4, 0.5) is 5.69 Å². The van der Waals surface area contributed by atoms with Crippen molar-refractivity contribution in [3.8, 4) is 22.6 Å². The first-order valence-electron chi connectivity index (χ1n) is 5.80. The predicted octanol–water partition coefficient (Wildman–Crippen LogP) is 3.33.